The number of aromatic amines is 1. The number of aromatic nitrogens is 3. The van der Waals surface area contributed by atoms with E-state index in [-0.39, 0.29) is 17.8 Å². The number of benzene rings is 1. The van der Waals surface area contributed by atoms with Gasteiger partial charge in [-0.1, -0.05) is 23.7 Å². The van der Waals surface area contributed by atoms with Crippen LogP contribution >= 0.6 is 11.6 Å². The number of nitrogens with zero attached hydrogens (tertiary/aromatic N) is 3. The quantitative estimate of drug-likeness (QED) is 0.925. The summed E-state index contributed by atoms with van der Waals surface area (Å²) in [6, 6.07) is 7.73. The minimum Gasteiger partial charge on any atom is -0.329 e. The predicted molar refractivity (Wildman–Crippen MR) is 75.6 cm³/mol. The zero-order chi connectivity index (χ0) is 14.1. The number of rotatable bonds is 2. The Bertz CT molecular complexity index is 640. The second-order valence-corrected chi connectivity index (χ2v) is 5.39. The number of nitrogens with one attached hydrogen (secondary N) is 1. The van der Waals surface area contributed by atoms with Crippen LogP contribution < -0.4 is 0 Å². The van der Waals surface area contributed by atoms with Crippen LogP contribution in [0.15, 0.2) is 24.3 Å². The van der Waals surface area contributed by atoms with Gasteiger partial charge in [-0.3, -0.25) is 9.89 Å². The highest BCUT2D eigenvalue weighted by molar-refractivity contribution is 6.30. The highest BCUT2D eigenvalue weighted by Crippen LogP contribution is 2.33. The van der Waals surface area contributed by atoms with Gasteiger partial charge in [-0.15, -0.1) is 5.10 Å². The highest BCUT2D eigenvalue weighted by atomic mass is 35.5. The monoisotopic (exact) mass is 290 g/mol. The Balaban J connectivity index is 1.87. The third-order valence-corrected chi connectivity index (χ3v) is 3.77. The average Bonchev–Trinajstić information content (AvgIpc) is 3.06. The Morgan fingerprint density at radius 1 is 1.50 bits per heavy atom. The van der Waals surface area contributed by atoms with E-state index in [4.69, 9.17) is 11.6 Å². The second-order valence-electron chi connectivity index (χ2n) is 4.96. The molecule has 0 aliphatic carbocycles. The van der Waals surface area contributed by atoms with Crippen molar-refractivity contribution in [3.05, 3.63) is 46.5 Å². The molecule has 1 fully saturated rings. The highest BCUT2D eigenvalue weighted by Gasteiger charge is 2.32. The van der Waals surface area contributed by atoms with Crippen LogP contribution in [0.3, 0.4) is 0 Å². The molecule has 1 N–H and O–H groups in total. The van der Waals surface area contributed by atoms with E-state index < -0.39 is 0 Å². The minimum atomic E-state index is -0.128. The van der Waals surface area contributed by atoms with Gasteiger partial charge in [0, 0.05) is 11.6 Å². The van der Waals surface area contributed by atoms with Crippen LogP contribution in [0, 0.1) is 6.92 Å². The fourth-order valence-corrected chi connectivity index (χ4v) is 2.84. The van der Waals surface area contributed by atoms with Gasteiger partial charge in [0.15, 0.2) is 0 Å². The molecule has 1 amide bonds. The van der Waals surface area contributed by atoms with Crippen LogP contribution in [0.5, 0.6) is 0 Å². The molecule has 0 spiro atoms. The van der Waals surface area contributed by atoms with E-state index >= 15 is 0 Å². The van der Waals surface area contributed by atoms with Gasteiger partial charge >= 0.3 is 0 Å². The Hall–Kier alpha value is -1.88. The number of hydrogen-bond donors (Lipinski definition) is 1. The first kappa shape index (κ1) is 13.1. The maximum absolute atomic E-state index is 12.5. The number of aryl methyl sites for hydroxylation is 1. The molecule has 5 nitrogen and oxygen atoms in total. The molecule has 3 rings (SSSR count). The van der Waals surface area contributed by atoms with Crippen LogP contribution in [-0.4, -0.2) is 32.5 Å². The van der Waals surface area contributed by atoms with Crippen molar-refractivity contribution in [2.45, 2.75) is 25.8 Å². The van der Waals surface area contributed by atoms with Crippen molar-refractivity contribution >= 4 is 17.5 Å². The second kappa shape index (κ2) is 5.25. The first-order valence-electron chi connectivity index (χ1n) is 6.60. The van der Waals surface area contributed by atoms with Crippen LogP contribution in [0.1, 0.15) is 40.9 Å². The molecule has 0 bridgehead atoms. The molecule has 0 saturated carbocycles. The molecule has 1 saturated heterocycles. The molecule has 1 atom stereocenters. The first-order valence-corrected chi connectivity index (χ1v) is 6.98. The number of amides is 1. The molecule has 2 aromatic rings. The summed E-state index contributed by atoms with van der Waals surface area (Å²) in [4.78, 5) is 18.4. The fraction of sp³-hybridized carbons (Fsp3) is 0.357. The number of H-pyrrole nitrogens is 1. The molecule has 1 aliphatic rings. The number of hydrogen-bond acceptors (Lipinski definition) is 3. The summed E-state index contributed by atoms with van der Waals surface area (Å²) in [6.45, 7) is 2.51. The van der Waals surface area contributed by atoms with E-state index in [1.807, 2.05) is 29.2 Å². The lowest BCUT2D eigenvalue weighted by atomic mass is 10.0. The van der Waals surface area contributed by atoms with E-state index in [1.54, 1.807) is 6.92 Å². The van der Waals surface area contributed by atoms with Gasteiger partial charge in [0.1, 0.15) is 5.82 Å². The first-order chi connectivity index (χ1) is 9.65. The van der Waals surface area contributed by atoms with Crippen LogP contribution in [0.25, 0.3) is 0 Å². The van der Waals surface area contributed by atoms with Gasteiger partial charge in [0.25, 0.3) is 5.91 Å². The Morgan fingerprint density at radius 3 is 3.05 bits per heavy atom. The normalized spacial score (nSPS) is 18.5. The molecule has 1 aromatic heterocycles. The van der Waals surface area contributed by atoms with Gasteiger partial charge < -0.3 is 4.90 Å². The summed E-state index contributed by atoms with van der Waals surface area (Å²) in [5.41, 5.74) is 1.07. The van der Waals surface area contributed by atoms with Gasteiger partial charge in [-0.05, 0) is 37.5 Å². The molecular weight excluding hydrogens is 276 g/mol. The van der Waals surface area contributed by atoms with E-state index in [0.717, 1.165) is 24.9 Å². The summed E-state index contributed by atoms with van der Waals surface area (Å²) >= 11 is 6.04. The summed E-state index contributed by atoms with van der Waals surface area (Å²) < 4.78 is 0. The number of carbonyl (C=O) groups is 1. The van der Waals surface area contributed by atoms with Crippen molar-refractivity contribution in [2.24, 2.45) is 0 Å². The van der Waals surface area contributed by atoms with E-state index in [1.165, 1.54) is 0 Å². The van der Waals surface area contributed by atoms with E-state index in [9.17, 15) is 4.79 Å². The Labute approximate surface area is 122 Å². The molecule has 6 heteroatoms. The topological polar surface area (TPSA) is 61.9 Å². The largest absolute Gasteiger partial charge is 0.329 e. The summed E-state index contributed by atoms with van der Waals surface area (Å²) in [5.74, 6) is 0.750. The predicted octanol–water partition coefficient (Wildman–Crippen LogP) is 2.74. The molecule has 1 aliphatic heterocycles. The SMILES string of the molecule is Cc1nc(C(=O)N2CCCC2c2cccc(Cl)c2)n[nH]1. The molecule has 2 heterocycles. The molecule has 1 unspecified atom stereocenters. The van der Waals surface area contributed by atoms with Crippen molar-refractivity contribution in [2.75, 3.05) is 6.54 Å². The standard InChI is InChI=1S/C14H15ClN4O/c1-9-16-13(18-17-9)14(20)19-7-3-6-12(19)10-4-2-5-11(15)8-10/h2,4-5,8,12H,3,6-7H2,1H3,(H,16,17,18). The van der Waals surface area contributed by atoms with Gasteiger partial charge in [0.05, 0.1) is 6.04 Å². The lowest BCUT2D eigenvalue weighted by Crippen LogP contribution is -2.31. The van der Waals surface area contributed by atoms with Gasteiger partial charge in [-0.2, -0.15) is 0 Å². The molecule has 1 aromatic carbocycles. The van der Waals surface area contributed by atoms with Crippen molar-refractivity contribution in [3.63, 3.8) is 0 Å². The Kier molecular flexibility index (Phi) is 3.44. The van der Waals surface area contributed by atoms with E-state index in [2.05, 4.69) is 15.2 Å². The molecular formula is C14H15ClN4O. The average molecular weight is 291 g/mol. The smallest absolute Gasteiger partial charge is 0.294 e. The third kappa shape index (κ3) is 2.41. The van der Waals surface area contributed by atoms with Crippen molar-refractivity contribution in [1.82, 2.24) is 20.1 Å². The van der Waals surface area contributed by atoms with Crippen LogP contribution in [-0.2, 0) is 0 Å². The summed E-state index contributed by atoms with van der Waals surface area (Å²) in [6.07, 6.45) is 1.92. The van der Waals surface area contributed by atoms with Crippen LogP contribution in [0.2, 0.25) is 5.02 Å². The zero-order valence-electron chi connectivity index (χ0n) is 11.1. The van der Waals surface area contributed by atoms with Crippen molar-refractivity contribution in [1.29, 1.82) is 0 Å². The lowest BCUT2D eigenvalue weighted by Gasteiger charge is -2.24. The zero-order valence-corrected chi connectivity index (χ0v) is 11.9. The van der Waals surface area contributed by atoms with Crippen molar-refractivity contribution < 1.29 is 4.79 Å². The molecule has 0 radical (unpaired) electrons. The van der Waals surface area contributed by atoms with Gasteiger partial charge in [0.2, 0.25) is 5.82 Å². The minimum absolute atomic E-state index is 0.0556. The van der Waals surface area contributed by atoms with Crippen molar-refractivity contribution in [3.8, 4) is 0 Å². The molecule has 104 valence electrons. The maximum atomic E-state index is 12.5. The lowest BCUT2D eigenvalue weighted by molar-refractivity contribution is 0.0723. The van der Waals surface area contributed by atoms with Crippen LogP contribution in [0.4, 0.5) is 0 Å². The number of likely N-dealkylation sites (tertiary alicyclic amines) is 1. The number of carbonyl (C=O) groups excluding carboxylic acids is 1. The summed E-state index contributed by atoms with van der Waals surface area (Å²) in [5, 5.41) is 7.35. The fourth-order valence-electron chi connectivity index (χ4n) is 2.64. The maximum Gasteiger partial charge on any atom is 0.294 e. The van der Waals surface area contributed by atoms with E-state index in [0.29, 0.717) is 10.8 Å². The Morgan fingerprint density at radius 2 is 2.35 bits per heavy atom. The summed E-state index contributed by atoms with van der Waals surface area (Å²) in [7, 11) is 0. The van der Waals surface area contributed by atoms with Gasteiger partial charge in [-0.25, -0.2) is 4.98 Å². The number of halogens is 1. The molecule has 20 heavy (non-hydrogen) atoms. The third-order valence-electron chi connectivity index (χ3n) is 3.54.